The minimum Gasteiger partial charge on any atom is -0.386 e. The monoisotopic (exact) mass is 311 g/mol. The van der Waals surface area contributed by atoms with Crippen molar-refractivity contribution in [2.24, 2.45) is 0 Å². The first-order chi connectivity index (χ1) is 11.3. The predicted octanol–water partition coefficient (Wildman–Crippen LogP) is 3.20. The summed E-state index contributed by atoms with van der Waals surface area (Å²) in [6.07, 6.45) is 5.39. The summed E-state index contributed by atoms with van der Waals surface area (Å²) < 4.78 is 0. The van der Waals surface area contributed by atoms with Crippen LogP contribution in [0.1, 0.15) is 30.9 Å². The van der Waals surface area contributed by atoms with Crippen molar-refractivity contribution in [3.63, 3.8) is 0 Å². The Morgan fingerprint density at radius 1 is 1.22 bits per heavy atom. The zero-order valence-corrected chi connectivity index (χ0v) is 12.9. The Bertz CT molecular complexity index is 633. The van der Waals surface area contributed by atoms with E-state index in [-0.39, 0.29) is 12.1 Å². The quantitative estimate of drug-likeness (QED) is 0.915. The number of aliphatic hydroxyl groups is 1. The molecule has 2 heterocycles. The van der Waals surface area contributed by atoms with Crippen molar-refractivity contribution in [2.45, 2.75) is 31.4 Å². The van der Waals surface area contributed by atoms with Crippen LogP contribution in [0.5, 0.6) is 0 Å². The number of amides is 2. The maximum Gasteiger partial charge on any atom is 0.322 e. The summed E-state index contributed by atoms with van der Waals surface area (Å²) in [7, 11) is 0. The highest BCUT2D eigenvalue weighted by Crippen LogP contribution is 2.29. The van der Waals surface area contributed by atoms with Gasteiger partial charge in [0.15, 0.2) is 0 Å². The molecule has 1 aromatic heterocycles. The SMILES string of the molecule is O=C(Nc1cccnc1)N1CCCCC1C(O)c1ccccc1. The minimum atomic E-state index is -0.670. The Morgan fingerprint density at radius 2 is 2.04 bits per heavy atom. The van der Waals surface area contributed by atoms with Crippen LogP contribution in [0.3, 0.4) is 0 Å². The Hall–Kier alpha value is -2.40. The van der Waals surface area contributed by atoms with Gasteiger partial charge in [-0.2, -0.15) is 0 Å². The molecule has 2 unspecified atom stereocenters. The second-order valence-electron chi connectivity index (χ2n) is 5.78. The third-order valence-corrected chi connectivity index (χ3v) is 4.23. The molecule has 2 amide bonds. The first-order valence-corrected chi connectivity index (χ1v) is 7.96. The van der Waals surface area contributed by atoms with Gasteiger partial charge < -0.3 is 15.3 Å². The summed E-state index contributed by atoms with van der Waals surface area (Å²) in [5, 5.41) is 13.6. The van der Waals surface area contributed by atoms with Gasteiger partial charge in [-0.3, -0.25) is 4.98 Å². The number of hydrogen-bond donors (Lipinski definition) is 2. The van der Waals surface area contributed by atoms with Gasteiger partial charge in [0.25, 0.3) is 0 Å². The number of carbonyl (C=O) groups is 1. The van der Waals surface area contributed by atoms with Gasteiger partial charge in [-0.15, -0.1) is 0 Å². The third-order valence-electron chi connectivity index (χ3n) is 4.23. The van der Waals surface area contributed by atoms with Crippen molar-refractivity contribution >= 4 is 11.7 Å². The maximum absolute atomic E-state index is 12.6. The van der Waals surface area contributed by atoms with Gasteiger partial charge in [-0.05, 0) is 37.0 Å². The molecule has 0 aliphatic carbocycles. The van der Waals surface area contributed by atoms with E-state index in [1.54, 1.807) is 29.4 Å². The van der Waals surface area contributed by atoms with Gasteiger partial charge >= 0.3 is 6.03 Å². The van der Waals surface area contributed by atoms with Crippen LogP contribution in [-0.2, 0) is 0 Å². The predicted molar refractivity (Wildman–Crippen MR) is 89.0 cm³/mol. The molecule has 5 heteroatoms. The number of piperidine rings is 1. The van der Waals surface area contributed by atoms with Gasteiger partial charge in [0.05, 0.1) is 24.0 Å². The summed E-state index contributed by atoms with van der Waals surface area (Å²) in [6.45, 7) is 0.653. The van der Waals surface area contributed by atoms with Crippen molar-refractivity contribution in [3.8, 4) is 0 Å². The number of anilines is 1. The fourth-order valence-electron chi connectivity index (χ4n) is 3.04. The Morgan fingerprint density at radius 3 is 2.78 bits per heavy atom. The number of nitrogens with one attached hydrogen (secondary N) is 1. The zero-order chi connectivity index (χ0) is 16.1. The van der Waals surface area contributed by atoms with Crippen molar-refractivity contribution in [3.05, 3.63) is 60.4 Å². The van der Waals surface area contributed by atoms with Crippen LogP contribution >= 0.6 is 0 Å². The Labute approximate surface area is 136 Å². The first kappa shape index (κ1) is 15.5. The van der Waals surface area contributed by atoms with Crippen LogP contribution in [0.2, 0.25) is 0 Å². The maximum atomic E-state index is 12.6. The second-order valence-corrected chi connectivity index (χ2v) is 5.78. The fraction of sp³-hybridized carbons (Fsp3) is 0.333. The van der Waals surface area contributed by atoms with E-state index in [0.717, 1.165) is 24.8 Å². The smallest absolute Gasteiger partial charge is 0.322 e. The van der Waals surface area contributed by atoms with Gasteiger partial charge in [0.2, 0.25) is 0 Å². The molecule has 3 rings (SSSR count). The van der Waals surface area contributed by atoms with Crippen LogP contribution in [0.15, 0.2) is 54.9 Å². The van der Waals surface area contributed by atoms with Gasteiger partial charge in [0, 0.05) is 12.7 Å². The van der Waals surface area contributed by atoms with E-state index in [2.05, 4.69) is 10.3 Å². The number of benzene rings is 1. The number of carbonyl (C=O) groups excluding carboxylic acids is 1. The van der Waals surface area contributed by atoms with E-state index in [9.17, 15) is 9.90 Å². The lowest BCUT2D eigenvalue weighted by molar-refractivity contribution is 0.0487. The Balaban J connectivity index is 1.74. The normalized spacial score (nSPS) is 19.2. The summed E-state index contributed by atoms with van der Waals surface area (Å²) in [6, 6.07) is 12.7. The Kier molecular flexibility index (Phi) is 4.88. The topological polar surface area (TPSA) is 65.5 Å². The lowest BCUT2D eigenvalue weighted by atomic mass is 9.93. The number of pyridine rings is 1. The summed E-state index contributed by atoms with van der Waals surface area (Å²) in [5.74, 6) is 0. The summed E-state index contributed by atoms with van der Waals surface area (Å²) in [4.78, 5) is 18.3. The molecule has 23 heavy (non-hydrogen) atoms. The second kappa shape index (κ2) is 7.24. The van der Waals surface area contributed by atoms with Crippen LogP contribution in [0.25, 0.3) is 0 Å². The van der Waals surface area contributed by atoms with Crippen LogP contribution in [-0.4, -0.2) is 33.6 Å². The van der Waals surface area contributed by atoms with E-state index in [0.29, 0.717) is 12.2 Å². The number of nitrogens with zero attached hydrogens (tertiary/aromatic N) is 2. The van der Waals surface area contributed by atoms with Gasteiger partial charge in [-0.1, -0.05) is 30.3 Å². The number of urea groups is 1. The number of likely N-dealkylation sites (tertiary alicyclic amines) is 1. The molecule has 0 spiro atoms. The van der Waals surface area contributed by atoms with Crippen LogP contribution in [0, 0.1) is 0 Å². The largest absolute Gasteiger partial charge is 0.386 e. The average molecular weight is 311 g/mol. The zero-order valence-electron chi connectivity index (χ0n) is 12.9. The number of aromatic nitrogens is 1. The molecule has 1 aliphatic rings. The molecule has 1 saturated heterocycles. The van der Waals surface area contributed by atoms with Crippen LogP contribution in [0.4, 0.5) is 10.5 Å². The first-order valence-electron chi connectivity index (χ1n) is 7.96. The lowest BCUT2D eigenvalue weighted by Gasteiger charge is -2.38. The number of aliphatic hydroxyl groups excluding tert-OH is 1. The minimum absolute atomic E-state index is 0.183. The molecule has 0 saturated carbocycles. The standard InChI is InChI=1S/C18H21N3O2/c22-17(14-7-2-1-3-8-14)16-10-4-5-12-21(16)18(23)20-15-9-6-11-19-13-15/h1-3,6-9,11,13,16-17,22H,4-5,10,12H2,(H,20,23). The van der Waals surface area contributed by atoms with Crippen molar-refractivity contribution < 1.29 is 9.90 Å². The van der Waals surface area contributed by atoms with Crippen molar-refractivity contribution in [2.75, 3.05) is 11.9 Å². The highest BCUT2D eigenvalue weighted by Gasteiger charge is 2.32. The lowest BCUT2D eigenvalue weighted by Crippen LogP contribution is -2.48. The molecule has 1 fully saturated rings. The molecule has 1 aromatic carbocycles. The van der Waals surface area contributed by atoms with Gasteiger partial charge in [-0.25, -0.2) is 4.79 Å². The van der Waals surface area contributed by atoms with E-state index in [1.807, 2.05) is 30.3 Å². The highest BCUT2D eigenvalue weighted by molar-refractivity contribution is 5.89. The molecule has 120 valence electrons. The molecule has 0 radical (unpaired) electrons. The molecule has 5 nitrogen and oxygen atoms in total. The molecular formula is C18H21N3O2. The van der Waals surface area contributed by atoms with Crippen molar-refractivity contribution in [1.29, 1.82) is 0 Å². The fourth-order valence-corrected chi connectivity index (χ4v) is 3.04. The molecule has 2 atom stereocenters. The molecule has 1 aliphatic heterocycles. The summed E-state index contributed by atoms with van der Waals surface area (Å²) >= 11 is 0. The van der Waals surface area contributed by atoms with Gasteiger partial charge in [0.1, 0.15) is 0 Å². The number of hydrogen-bond acceptors (Lipinski definition) is 3. The number of rotatable bonds is 3. The molecule has 2 aromatic rings. The van der Waals surface area contributed by atoms with E-state index in [4.69, 9.17) is 0 Å². The van der Waals surface area contributed by atoms with Crippen molar-refractivity contribution in [1.82, 2.24) is 9.88 Å². The van der Waals surface area contributed by atoms with E-state index < -0.39 is 6.10 Å². The summed E-state index contributed by atoms with van der Waals surface area (Å²) in [5.41, 5.74) is 1.51. The average Bonchev–Trinajstić information content (AvgIpc) is 2.62. The van der Waals surface area contributed by atoms with E-state index in [1.165, 1.54) is 0 Å². The van der Waals surface area contributed by atoms with E-state index >= 15 is 0 Å². The third kappa shape index (κ3) is 3.68. The van der Waals surface area contributed by atoms with Crippen LogP contribution < -0.4 is 5.32 Å². The molecule has 0 bridgehead atoms. The molecule has 2 N–H and O–H groups in total. The highest BCUT2D eigenvalue weighted by atomic mass is 16.3. The molecular weight excluding hydrogens is 290 g/mol.